The molecule has 1 unspecified atom stereocenters. The largest absolute Gasteiger partial charge is 0.381 e. The highest BCUT2D eigenvalue weighted by Gasteiger charge is 2.18. The van der Waals surface area contributed by atoms with Gasteiger partial charge in [0.25, 0.3) is 0 Å². The predicted molar refractivity (Wildman–Crippen MR) is 51.1 cm³/mol. The normalized spacial score (nSPS) is 21.7. The van der Waals surface area contributed by atoms with Crippen molar-refractivity contribution in [2.24, 2.45) is 13.0 Å². The fourth-order valence-electron chi connectivity index (χ4n) is 1.69. The first-order valence-corrected chi connectivity index (χ1v) is 4.86. The van der Waals surface area contributed by atoms with Crippen molar-refractivity contribution in [2.75, 3.05) is 13.2 Å². The first-order chi connectivity index (χ1) is 6.68. The second kappa shape index (κ2) is 3.57. The molecule has 0 spiro atoms. The van der Waals surface area contributed by atoms with Crippen LogP contribution in [0.25, 0.3) is 0 Å². The number of hydrogen-bond donors (Lipinski definition) is 0. The van der Waals surface area contributed by atoms with E-state index in [1.165, 1.54) is 4.68 Å². The molecule has 1 fully saturated rings. The lowest BCUT2D eigenvalue weighted by Crippen LogP contribution is -2.26. The first-order valence-electron chi connectivity index (χ1n) is 4.86. The highest BCUT2D eigenvalue weighted by Crippen LogP contribution is 2.13. The molecule has 2 rings (SSSR count). The summed E-state index contributed by atoms with van der Waals surface area (Å²) in [6.07, 6.45) is 1.03. The molecule has 1 aliphatic rings. The number of aryl methyl sites for hydroxylation is 1. The van der Waals surface area contributed by atoms with Gasteiger partial charge >= 0.3 is 5.69 Å². The maximum Gasteiger partial charge on any atom is 0.345 e. The average Bonchev–Trinajstić information content (AvgIpc) is 2.73. The summed E-state index contributed by atoms with van der Waals surface area (Å²) in [6.45, 7) is 4.08. The van der Waals surface area contributed by atoms with Gasteiger partial charge in [-0.25, -0.2) is 9.48 Å². The summed E-state index contributed by atoms with van der Waals surface area (Å²) in [5, 5.41) is 4.18. The van der Waals surface area contributed by atoms with Crippen molar-refractivity contribution in [2.45, 2.75) is 19.9 Å². The van der Waals surface area contributed by atoms with E-state index in [4.69, 9.17) is 4.74 Å². The van der Waals surface area contributed by atoms with Gasteiger partial charge in [0.2, 0.25) is 0 Å². The quantitative estimate of drug-likeness (QED) is 0.666. The van der Waals surface area contributed by atoms with Crippen LogP contribution in [0.15, 0.2) is 4.79 Å². The summed E-state index contributed by atoms with van der Waals surface area (Å²) >= 11 is 0. The van der Waals surface area contributed by atoms with E-state index >= 15 is 0 Å². The molecule has 0 aliphatic carbocycles. The van der Waals surface area contributed by atoms with Gasteiger partial charge in [-0.15, -0.1) is 0 Å². The van der Waals surface area contributed by atoms with E-state index in [-0.39, 0.29) is 5.69 Å². The molecule has 5 heteroatoms. The van der Waals surface area contributed by atoms with Gasteiger partial charge in [0, 0.05) is 19.6 Å². The second-order valence-electron chi connectivity index (χ2n) is 3.80. The van der Waals surface area contributed by atoms with Crippen molar-refractivity contribution in [3.63, 3.8) is 0 Å². The van der Waals surface area contributed by atoms with Gasteiger partial charge in [0.05, 0.1) is 13.2 Å². The van der Waals surface area contributed by atoms with Crippen LogP contribution in [0, 0.1) is 12.8 Å². The zero-order valence-corrected chi connectivity index (χ0v) is 8.56. The van der Waals surface area contributed by atoms with E-state index in [1.54, 1.807) is 11.6 Å². The Bertz CT molecular complexity index is 374. The predicted octanol–water partition coefficient (Wildman–Crippen LogP) is -0.0733. The number of nitrogens with zero attached hydrogens (tertiary/aromatic N) is 3. The Morgan fingerprint density at radius 2 is 2.43 bits per heavy atom. The van der Waals surface area contributed by atoms with E-state index in [0.29, 0.717) is 12.5 Å². The van der Waals surface area contributed by atoms with Gasteiger partial charge < -0.3 is 4.74 Å². The third-order valence-electron chi connectivity index (χ3n) is 2.71. The fraction of sp³-hybridized carbons (Fsp3) is 0.778. The van der Waals surface area contributed by atoms with Crippen LogP contribution in [0.1, 0.15) is 12.2 Å². The molecule has 1 aromatic rings. The van der Waals surface area contributed by atoms with E-state index in [2.05, 4.69) is 5.10 Å². The molecule has 1 aliphatic heterocycles. The summed E-state index contributed by atoms with van der Waals surface area (Å²) < 4.78 is 8.36. The molecule has 0 bridgehead atoms. The lowest BCUT2D eigenvalue weighted by molar-refractivity contribution is 0.181. The molecular weight excluding hydrogens is 182 g/mol. The summed E-state index contributed by atoms with van der Waals surface area (Å²) in [7, 11) is 1.74. The Morgan fingerprint density at radius 1 is 1.64 bits per heavy atom. The minimum absolute atomic E-state index is 0.0330. The number of hydrogen-bond acceptors (Lipinski definition) is 3. The van der Waals surface area contributed by atoms with Gasteiger partial charge in [-0.05, 0) is 13.3 Å². The molecule has 0 aromatic carbocycles. The smallest absolute Gasteiger partial charge is 0.345 e. The van der Waals surface area contributed by atoms with Gasteiger partial charge in [-0.2, -0.15) is 5.10 Å². The van der Waals surface area contributed by atoms with Crippen molar-refractivity contribution in [1.29, 1.82) is 0 Å². The van der Waals surface area contributed by atoms with Crippen molar-refractivity contribution < 1.29 is 4.74 Å². The molecule has 78 valence electrons. The standard InChI is InChI=1S/C9H15N3O2/c1-7-10-12(9(13)11(7)2)5-8-3-4-14-6-8/h8H,3-6H2,1-2H3. The van der Waals surface area contributed by atoms with E-state index in [9.17, 15) is 4.79 Å². The minimum Gasteiger partial charge on any atom is -0.381 e. The van der Waals surface area contributed by atoms with Gasteiger partial charge in [0.1, 0.15) is 5.82 Å². The van der Waals surface area contributed by atoms with Crippen LogP contribution in [0.2, 0.25) is 0 Å². The molecule has 1 saturated heterocycles. The summed E-state index contributed by atoms with van der Waals surface area (Å²) in [6, 6.07) is 0. The van der Waals surface area contributed by atoms with Crippen molar-refractivity contribution in [3.05, 3.63) is 16.3 Å². The van der Waals surface area contributed by atoms with Gasteiger partial charge in [-0.1, -0.05) is 0 Å². The highest BCUT2D eigenvalue weighted by atomic mass is 16.5. The lowest BCUT2D eigenvalue weighted by atomic mass is 10.1. The molecule has 1 aromatic heterocycles. The Balaban J connectivity index is 2.16. The topological polar surface area (TPSA) is 49.1 Å². The van der Waals surface area contributed by atoms with Crippen LogP contribution in [-0.4, -0.2) is 27.6 Å². The molecule has 14 heavy (non-hydrogen) atoms. The first kappa shape index (κ1) is 9.45. The third-order valence-corrected chi connectivity index (χ3v) is 2.71. The molecule has 0 amide bonds. The zero-order chi connectivity index (χ0) is 10.1. The Morgan fingerprint density at radius 3 is 2.93 bits per heavy atom. The van der Waals surface area contributed by atoms with Gasteiger partial charge in [0.15, 0.2) is 0 Å². The minimum atomic E-state index is -0.0330. The summed E-state index contributed by atoms with van der Waals surface area (Å²) in [5.74, 6) is 1.20. The Kier molecular flexibility index (Phi) is 2.41. The monoisotopic (exact) mass is 197 g/mol. The Hall–Kier alpha value is -1.10. The summed E-state index contributed by atoms with van der Waals surface area (Å²) in [4.78, 5) is 11.6. The molecule has 5 nitrogen and oxygen atoms in total. The van der Waals surface area contributed by atoms with Crippen LogP contribution in [0.4, 0.5) is 0 Å². The maximum atomic E-state index is 11.6. The van der Waals surface area contributed by atoms with E-state index < -0.39 is 0 Å². The summed E-state index contributed by atoms with van der Waals surface area (Å²) in [5.41, 5.74) is -0.0330. The molecular formula is C9H15N3O2. The number of rotatable bonds is 2. The molecule has 1 atom stereocenters. The maximum absolute atomic E-state index is 11.6. The highest BCUT2D eigenvalue weighted by molar-refractivity contribution is 4.82. The molecule has 2 heterocycles. The molecule has 0 radical (unpaired) electrons. The average molecular weight is 197 g/mol. The number of aromatic nitrogens is 3. The van der Waals surface area contributed by atoms with Crippen molar-refractivity contribution in [3.8, 4) is 0 Å². The zero-order valence-electron chi connectivity index (χ0n) is 8.56. The van der Waals surface area contributed by atoms with Crippen molar-refractivity contribution in [1.82, 2.24) is 14.3 Å². The SMILES string of the molecule is Cc1nn(CC2CCOC2)c(=O)n1C. The molecule has 0 N–H and O–H groups in total. The Labute approximate surface area is 82.3 Å². The van der Waals surface area contributed by atoms with Gasteiger partial charge in [-0.3, -0.25) is 4.57 Å². The van der Waals surface area contributed by atoms with Crippen LogP contribution in [0.5, 0.6) is 0 Å². The third kappa shape index (κ3) is 1.59. The molecule has 0 saturated carbocycles. The van der Waals surface area contributed by atoms with Crippen LogP contribution in [0.3, 0.4) is 0 Å². The lowest BCUT2D eigenvalue weighted by Gasteiger charge is -2.04. The fourth-order valence-corrected chi connectivity index (χ4v) is 1.69. The van der Waals surface area contributed by atoms with Crippen LogP contribution >= 0.6 is 0 Å². The second-order valence-corrected chi connectivity index (χ2v) is 3.80. The van der Waals surface area contributed by atoms with Crippen LogP contribution < -0.4 is 5.69 Å². The number of ether oxygens (including phenoxy) is 1. The van der Waals surface area contributed by atoms with E-state index in [0.717, 1.165) is 25.5 Å². The van der Waals surface area contributed by atoms with E-state index in [1.807, 2.05) is 6.92 Å². The van der Waals surface area contributed by atoms with Crippen molar-refractivity contribution >= 4 is 0 Å². The van der Waals surface area contributed by atoms with Crippen LogP contribution in [-0.2, 0) is 18.3 Å².